The molecule has 0 amide bonds. The first-order valence-electron chi connectivity index (χ1n) is 11.2. The average molecular weight is 483 g/mol. The van der Waals surface area contributed by atoms with Gasteiger partial charge in [0.15, 0.2) is 0 Å². The van der Waals surface area contributed by atoms with Crippen LogP contribution in [0, 0.1) is 5.92 Å². The second-order valence-corrected chi connectivity index (χ2v) is 8.54. The molecule has 5 rings (SSSR count). The Morgan fingerprint density at radius 1 is 0.943 bits per heavy atom. The fraction of sp³-hybridized carbons (Fsp3) is 0.269. The van der Waals surface area contributed by atoms with Crippen molar-refractivity contribution in [2.45, 2.75) is 19.3 Å². The van der Waals surface area contributed by atoms with E-state index in [2.05, 4.69) is 32.8 Å². The Balaban J connectivity index is 1.18. The Hall–Kier alpha value is -3.72. The number of ether oxygens (including phenoxy) is 3. The fourth-order valence-corrected chi connectivity index (χ4v) is 3.96. The number of hydrogen-bond donors (Lipinski definition) is 1. The number of anilines is 1. The Morgan fingerprint density at radius 2 is 1.57 bits per heavy atom. The SMILES string of the molecule is Cn1c(NCc2ccc(Oc3ccc(OC(F)(F)F)cc3)cc2)nc2ccc(CC3COC3)cc21. The molecule has 1 aromatic heterocycles. The minimum atomic E-state index is -4.72. The van der Waals surface area contributed by atoms with Crippen LogP contribution in [0.2, 0.25) is 0 Å². The quantitative estimate of drug-likeness (QED) is 0.330. The molecule has 0 aliphatic carbocycles. The predicted octanol–water partition coefficient (Wildman–Crippen LogP) is 6.07. The van der Waals surface area contributed by atoms with Gasteiger partial charge in [0.1, 0.15) is 17.2 Å². The van der Waals surface area contributed by atoms with E-state index < -0.39 is 6.36 Å². The van der Waals surface area contributed by atoms with Crippen LogP contribution in [0.25, 0.3) is 11.0 Å². The fourth-order valence-electron chi connectivity index (χ4n) is 3.96. The Morgan fingerprint density at radius 3 is 2.20 bits per heavy atom. The summed E-state index contributed by atoms with van der Waals surface area (Å²) in [6.45, 7) is 2.25. The molecule has 6 nitrogen and oxygen atoms in total. The molecule has 0 unspecified atom stereocenters. The summed E-state index contributed by atoms with van der Waals surface area (Å²) in [7, 11) is 2.00. The van der Waals surface area contributed by atoms with Gasteiger partial charge in [-0.25, -0.2) is 4.98 Å². The highest BCUT2D eigenvalue weighted by Gasteiger charge is 2.31. The largest absolute Gasteiger partial charge is 0.573 e. The second kappa shape index (κ2) is 9.50. The molecular weight excluding hydrogens is 459 g/mol. The van der Waals surface area contributed by atoms with Gasteiger partial charge in [-0.15, -0.1) is 13.2 Å². The third-order valence-corrected chi connectivity index (χ3v) is 5.84. The maximum atomic E-state index is 12.3. The number of halogens is 3. The van der Waals surface area contributed by atoms with Gasteiger partial charge >= 0.3 is 6.36 Å². The van der Waals surface area contributed by atoms with E-state index in [-0.39, 0.29) is 5.75 Å². The maximum absolute atomic E-state index is 12.3. The number of nitrogens with one attached hydrogen (secondary N) is 1. The summed E-state index contributed by atoms with van der Waals surface area (Å²) < 4.78 is 53.7. The molecular formula is C26H24F3N3O3. The van der Waals surface area contributed by atoms with E-state index in [9.17, 15) is 13.2 Å². The molecule has 0 saturated carbocycles. The van der Waals surface area contributed by atoms with Crippen molar-refractivity contribution in [3.05, 3.63) is 77.9 Å². The van der Waals surface area contributed by atoms with Gasteiger partial charge in [0.25, 0.3) is 0 Å². The van der Waals surface area contributed by atoms with Gasteiger partial charge in [0, 0.05) is 19.5 Å². The summed E-state index contributed by atoms with van der Waals surface area (Å²) >= 11 is 0. The molecule has 2 heterocycles. The number of fused-ring (bicyclic) bond motifs is 1. The maximum Gasteiger partial charge on any atom is 0.573 e. The third kappa shape index (κ3) is 5.68. The van der Waals surface area contributed by atoms with Crippen LogP contribution in [0.4, 0.5) is 19.1 Å². The number of nitrogens with zero attached hydrogens (tertiary/aromatic N) is 2. The molecule has 1 aliphatic rings. The van der Waals surface area contributed by atoms with Gasteiger partial charge in [-0.2, -0.15) is 0 Å². The van der Waals surface area contributed by atoms with Crippen molar-refractivity contribution < 1.29 is 27.4 Å². The van der Waals surface area contributed by atoms with Crippen molar-refractivity contribution >= 4 is 17.0 Å². The first kappa shape index (κ1) is 23.0. The molecule has 1 N–H and O–H groups in total. The number of benzene rings is 3. The smallest absolute Gasteiger partial charge is 0.457 e. The number of aromatic nitrogens is 2. The molecule has 3 aromatic carbocycles. The number of alkyl halides is 3. The van der Waals surface area contributed by atoms with Crippen LogP contribution in [-0.2, 0) is 24.8 Å². The van der Waals surface area contributed by atoms with Crippen molar-refractivity contribution in [3.8, 4) is 17.2 Å². The molecule has 1 saturated heterocycles. The lowest BCUT2D eigenvalue weighted by Gasteiger charge is -2.25. The number of aryl methyl sites for hydroxylation is 1. The first-order chi connectivity index (χ1) is 16.8. The monoisotopic (exact) mass is 483 g/mol. The Bertz CT molecular complexity index is 1300. The minimum Gasteiger partial charge on any atom is -0.457 e. The number of imidazole rings is 1. The molecule has 0 bridgehead atoms. The van der Waals surface area contributed by atoms with Crippen molar-refractivity contribution in [3.63, 3.8) is 0 Å². The summed E-state index contributed by atoms with van der Waals surface area (Å²) in [5.41, 5.74) is 4.35. The number of hydrogen-bond acceptors (Lipinski definition) is 5. The molecule has 1 aliphatic heterocycles. The van der Waals surface area contributed by atoms with E-state index in [0.717, 1.165) is 42.2 Å². The summed E-state index contributed by atoms with van der Waals surface area (Å²) in [5, 5.41) is 3.38. The van der Waals surface area contributed by atoms with Crippen LogP contribution in [0.5, 0.6) is 17.2 Å². The van der Waals surface area contributed by atoms with Crippen molar-refractivity contribution in [1.29, 1.82) is 0 Å². The van der Waals surface area contributed by atoms with E-state index in [1.807, 2.05) is 31.3 Å². The zero-order valence-corrected chi connectivity index (χ0v) is 19.0. The van der Waals surface area contributed by atoms with Crippen molar-refractivity contribution in [2.75, 3.05) is 18.5 Å². The van der Waals surface area contributed by atoms with Gasteiger partial charge in [-0.05, 0) is 66.1 Å². The van der Waals surface area contributed by atoms with Gasteiger partial charge in [-0.3, -0.25) is 0 Å². The van der Waals surface area contributed by atoms with E-state index in [1.54, 1.807) is 0 Å². The molecule has 35 heavy (non-hydrogen) atoms. The van der Waals surface area contributed by atoms with Gasteiger partial charge in [0.05, 0.1) is 24.2 Å². The van der Waals surface area contributed by atoms with Crippen LogP contribution in [0.1, 0.15) is 11.1 Å². The van der Waals surface area contributed by atoms with Crippen molar-refractivity contribution in [1.82, 2.24) is 9.55 Å². The van der Waals surface area contributed by atoms with Gasteiger partial charge < -0.3 is 24.1 Å². The predicted molar refractivity (Wildman–Crippen MR) is 126 cm³/mol. The summed E-state index contributed by atoms with van der Waals surface area (Å²) in [6.07, 6.45) is -3.70. The highest BCUT2D eigenvalue weighted by molar-refractivity contribution is 5.79. The van der Waals surface area contributed by atoms with Crippen LogP contribution < -0.4 is 14.8 Å². The highest BCUT2D eigenvalue weighted by atomic mass is 19.4. The lowest BCUT2D eigenvalue weighted by Crippen LogP contribution is -2.29. The van der Waals surface area contributed by atoms with Crippen LogP contribution in [0.15, 0.2) is 66.7 Å². The molecule has 4 aromatic rings. The molecule has 0 atom stereocenters. The van der Waals surface area contributed by atoms with Crippen LogP contribution >= 0.6 is 0 Å². The lowest BCUT2D eigenvalue weighted by atomic mass is 9.98. The average Bonchev–Trinajstić information content (AvgIpc) is 3.11. The minimum absolute atomic E-state index is 0.294. The highest BCUT2D eigenvalue weighted by Crippen LogP contribution is 2.28. The van der Waals surface area contributed by atoms with E-state index in [4.69, 9.17) is 14.5 Å². The van der Waals surface area contributed by atoms with E-state index >= 15 is 0 Å². The summed E-state index contributed by atoms with van der Waals surface area (Å²) in [4.78, 5) is 4.71. The van der Waals surface area contributed by atoms with Crippen LogP contribution in [-0.4, -0.2) is 29.1 Å². The van der Waals surface area contributed by atoms with Gasteiger partial charge in [-0.1, -0.05) is 18.2 Å². The van der Waals surface area contributed by atoms with Crippen molar-refractivity contribution in [2.24, 2.45) is 13.0 Å². The Labute approximate surface area is 200 Å². The normalized spacial score (nSPS) is 14.1. The lowest BCUT2D eigenvalue weighted by molar-refractivity contribution is -0.274. The zero-order valence-electron chi connectivity index (χ0n) is 19.0. The molecule has 1 fully saturated rings. The summed E-state index contributed by atoms with van der Waals surface area (Å²) in [5.74, 6) is 2.08. The van der Waals surface area contributed by atoms with Crippen LogP contribution in [0.3, 0.4) is 0 Å². The standard InChI is InChI=1S/C26H24F3N3O3/c1-32-24-13-18(12-19-15-33-16-19)4-11-23(24)31-25(32)30-14-17-2-5-20(6-3-17)34-21-7-9-22(10-8-21)35-26(27,28)29/h2-11,13,19H,12,14-16H2,1H3,(H,30,31). The third-order valence-electron chi connectivity index (χ3n) is 5.84. The summed E-state index contributed by atoms with van der Waals surface area (Å²) in [6, 6.07) is 19.1. The topological polar surface area (TPSA) is 57.5 Å². The molecule has 9 heteroatoms. The zero-order chi connectivity index (χ0) is 24.4. The second-order valence-electron chi connectivity index (χ2n) is 8.54. The molecule has 0 spiro atoms. The van der Waals surface area contributed by atoms with Gasteiger partial charge in [0.2, 0.25) is 5.95 Å². The Kier molecular flexibility index (Phi) is 6.25. The molecule has 0 radical (unpaired) electrons. The first-order valence-corrected chi connectivity index (χ1v) is 11.2. The number of rotatable bonds is 8. The van der Waals surface area contributed by atoms with E-state index in [1.165, 1.54) is 29.8 Å². The molecule has 182 valence electrons. The van der Waals surface area contributed by atoms with E-state index in [0.29, 0.717) is 24.0 Å².